The third-order valence-electron chi connectivity index (χ3n) is 7.71. The number of fused-ring (bicyclic) bond motifs is 1. The number of carbonyl (C=O) groups excluding carboxylic acids is 3. The number of ether oxygens (including phenoxy) is 2. The fraction of sp³-hybridized carbons (Fsp3) is 0.176. The van der Waals surface area contributed by atoms with Crippen molar-refractivity contribution in [2.45, 2.75) is 13.1 Å². The highest BCUT2D eigenvalue weighted by Gasteiger charge is 2.31. The molecule has 1 unspecified atom stereocenters. The lowest BCUT2D eigenvalue weighted by atomic mass is 10.1. The molecule has 1 aromatic heterocycles. The van der Waals surface area contributed by atoms with Crippen LogP contribution in [0.5, 0.6) is 11.5 Å². The number of hydrogen-bond acceptors (Lipinski definition) is 7. The Morgan fingerprint density at radius 1 is 1.00 bits per heavy atom. The summed E-state index contributed by atoms with van der Waals surface area (Å²) in [6.45, 7) is 3.58. The summed E-state index contributed by atoms with van der Waals surface area (Å²) < 4.78 is 12.9. The molecule has 12 nitrogen and oxygen atoms in total. The van der Waals surface area contributed by atoms with Gasteiger partial charge in [0.2, 0.25) is 0 Å². The summed E-state index contributed by atoms with van der Waals surface area (Å²) in [5.74, 6) is -1.57. The van der Waals surface area contributed by atoms with E-state index in [0.717, 1.165) is 5.56 Å². The van der Waals surface area contributed by atoms with E-state index in [0.29, 0.717) is 66.0 Å². The van der Waals surface area contributed by atoms with Crippen LogP contribution < -0.4 is 21.1 Å². The first kappa shape index (κ1) is 30.3. The number of carboxylic acid groups (broad SMARTS) is 1. The molecule has 3 amide bonds. The summed E-state index contributed by atoms with van der Waals surface area (Å²) in [4.78, 5) is 52.1. The standard InChI is InChI=1S/C34H31N5O7/c1-20-4-2-5-21(14-20)31(41)36-23-6-3-7-25(16-23)46-26-8-9-27-28(32(42)37-29(27)18-26)17-24-15-22(34(43)44)19-39(24)33(30(35)40)38-10-12-45-13-11-38/h2-9,14-19,33H,10-13H2,1H3,(H2,35,40)(H,36,41)(H,37,42)(H,43,44). The highest BCUT2D eigenvalue weighted by atomic mass is 16.5. The molecule has 5 N–H and O–H groups in total. The molecule has 1 atom stereocenters. The van der Waals surface area contributed by atoms with Gasteiger partial charge in [-0.25, -0.2) is 4.79 Å². The van der Waals surface area contributed by atoms with Crippen molar-refractivity contribution in [3.05, 3.63) is 107 Å². The van der Waals surface area contributed by atoms with Crippen molar-refractivity contribution in [3.8, 4) is 11.5 Å². The van der Waals surface area contributed by atoms with Gasteiger partial charge in [-0.1, -0.05) is 23.8 Å². The summed E-state index contributed by atoms with van der Waals surface area (Å²) in [5, 5.41) is 15.4. The van der Waals surface area contributed by atoms with E-state index < -0.39 is 23.9 Å². The molecule has 0 bridgehead atoms. The Kier molecular flexibility index (Phi) is 8.38. The quantitative estimate of drug-likeness (QED) is 0.200. The smallest absolute Gasteiger partial charge is 0.337 e. The Balaban J connectivity index is 1.25. The number of carboxylic acids is 1. The minimum Gasteiger partial charge on any atom is -0.478 e. The molecule has 0 radical (unpaired) electrons. The molecule has 1 saturated heterocycles. The largest absolute Gasteiger partial charge is 0.478 e. The van der Waals surface area contributed by atoms with Crippen LogP contribution in [-0.2, 0) is 14.3 Å². The average molecular weight is 622 g/mol. The fourth-order valence-electron chi connectivity index (χ4n) is 5.55. The maximum Gasteiger partial charge on any atom is 0.337 e. The normalized spacial score (nSPS) is 16.0. The van der Waals surface area contributed by atoms with E-state index >= 15 is 0 Å². The Hall–Kier alpha value is -5.72. The van der Waals surface area contributed by atoms with Gasteiger partial charge in [-0.15, -0.1) is 0 Å². The SMILES string of the molecule is Cc1cccc(C(=O)Nc2cccc(Oc3ccc4c(c3)NC(=O)C4=Cc3cc(C(=O)O)cn3C(C(N)=O)N3CCOCC3)c2)c1. The van der Waals surface area contributed by atoms with E-state index in [9.17, 15) is 24.3 Å². The van der Waals surface area contributed by atoms with Gasteiger partial charge in [-0.3, -0.25) is 19.3 Å². The topological polar surface area (TPSA) is 165 Å². The van der Waals surface area contributed by atoms with Gasteiger partial charge in [0.1, 0.15) is 11.5 Å². The third-order valence-corrected chi connectivity index (χ3v) is 7.71. The number of amides is 3. The number of nitrogens with one attached hydrogen (secondary N) is 2. The van der Waals surface area contributed by atoms with Crippen molar-refractivity contribution >= 4 is 46.7 Å². The van der Waals surface area contributed by atoms with Crippen LogP contribution in [0.1, 0.15) is 43.7 Å². The van der Waals surface area contributed by atoms with E-state index in [1.807, 2.05) is 24.0 Å². The predicted octanol–water partition coefficient (Wildman–Crippen LogP) is 4.35. The number of nitrogens with two attached hydrogens (primary N) is 1. The first-order valence-electron chi connectivity index (χ1n) is 14.6. The van der Waals surface area contributed by atoms with Crippen LogP contribution in [0.2, 0.25) is 0 Å². The predicted molar refractivity (Wildman–Crippen MR) is 171 cm³/mol. The Bertz CT molecular complexity index is 1890. The minimum absolute atomic E-state index is 0.0500. The maximum absolute atomic E-state index is 13.1. The van der Waals surface area contributed by atoms with Gasteiger partial charge >= 0.3 is 5.97 Å². The molecule has 4 aromatic rings. The monoisotopic (exact) mass is 621 g/mol. The van der Waals surface area contributed by atoms with Crippen molar-refractivity contribution in [2.75, 3.05) is 36.9 Å². The highest BCUT2D eigenvalue weighted by Crippen LogP contribution is 2.38. The second kappa shape index (κ2) is 12.7. The van der Waals surface area contributed by atoms with Crippen molar-refractivity contribution in [2.24, 2.45) is 5.73 Å². The Morgan fingerprint density at radius 3 is 2.50 bits per heavy atom. The van der Waals surface area contributed by atoms with Gasteiger partial charge in [-0.05, 0) is 55.5 Å². The first-order valence-corrected chi connectivity index (χ1v) is 14.6. The van der Waals surface area contributed by atoms with Gasteiger partial charge in [0.05, 0.1) is 30.0 Å². The molecule has 2 aliphatic rings. The van der Waals surface area contributed by atoms with Crippen LogP contribution >= 0.6 is 0 Å². The van der Waals surface area contributed by atoms with Crippen LogP contribution in [-0.4, -0.2) is 64.6 Å². The number of benzene rings is 3. The van der Waals surface area contributed by atoms with Crippen LogP contribution in [0.4, 0.5) is 11.4 Å². The third kappa shape index (κ3) is 6.39. The number of primary amides is 1. The second-order valence-corrected chi connectivity index (χ2v) is 11.0. The summed E-state index contributed by atoms with van der Waals surface area (Å²) in [6, 6.07) is 20.7. The van der Waals surface area contributed by atoms with Crippen LogP contribution in [0.3, 0.4) is 0 Å². The van der Waals surface area contributed by atoms with Crippen LogP contribution in [0.25, 0.3) is 11.6 Å². The minimum atomic E-state index is -1.18. The Morgan fingerprint density at radius 2 is 1.76 bits per heavy atom. The van der Waals surface area contributed by atoms with E-state index in [4.69, 9.17) is 15.2 Å². The molecular formula is C34H31N5O7. The van der Waals surface area contributed by atoms with E-state index in [1.165, 1.54) is 16.8 Å². The lowest BCUT2D eigenvalue weighted by molar-refractivity contribution is -0.129. The molecule has 234 valence electrons. The second-order valence-electron chi connectivity index (χ2n) is 11.0. The van der Waals surface area contributed by atoms with Crippen molar-refractivity contribution in [1.29, 1.82) is 0 Å². The number of aryl methyl sites for hydroxylation is 1. The number of hydrogen-bond donors (Lipinski definition) is 4. The van der Waals surface area contributed by atoms with Gasteiger partial charge in [0.15, 0.2) is 6.17 Å². The fourth-order valence-corrected chi connectivity index (χ4v) is 5.55. The maximum atomic E-state index is 13.1. The molecule has 0 spiro atoms. The molecule has 0 aliphatic carbocycles. The molecule has 3 aromatic carbocycles. The summed E-state index contributed by atoms with van der Waals surface area (Å²) in [5.41, 5.74) is 9.49. The number of nitrogens with zero attached hydrogens (tertiary/aromatic N) is 2. The van der Waals surface area contributed by atoms with Crippen molar-refractivity contribution < 1.29 is 33.8 Å². The number of carbonyl (C=O) groups is 4. The number of aromatic nitrogens is 1. The first-order chi connectivity index (χ1) is 22.2. The van der Waals surface area contributed by atoms with E-state index in [-0.39, 0.29) is 17.0 Å². The zero-order valence-corrected chi connectivity index (χ0v) is 24.9. The zero-order chi connectivity index (χ0) is 32.4. The molecule has 12 heteroatoms. The molecule has 46 heavy (non-hydrogen) atoms. The number of anilines is 2. The van der Waals surface area contributed by atoms with Crippen LogP contribution in [0.15, 0.2) is 79.0 Å². The van der Waals surface area contributed by atoms with Gasteiger partial charge in [0.25, 0.3) is 17.7 Å². The molecular weight excluding hydrogens is 590 g/mol. The molecule has 6 rings (SSSR count). The van der Waals surface area contributed by atoms with E-state index in [2.05, 4.69) is 10.6 Å². The van der Waals surface area contributed by atoms with Gasteiger partial charge < -0.3 is 35.5 Å². The molecule has 1 fully saturated rings. The summed E-state index contributed by atoms with van der Waals surface area (Å²) in [6.07, 6.45) is 1.92. The van der Waals surface area contributed by atoms with Crippen molar-refractivity contribution in [1.82, 2.24) is 9.47 Å². The number of aromatic carboxylic acids is 1. The Labute approximate surface area is 264 Å². The molecule has 0 saturated carbocycles. The molecule has 3 heterocycles. The highest BCUT2D eigenvalue weighted by molar-refractivity contribution is 6.35. The molecule has 2 aliphatic heterocycles. The van der Waals surface area contributed by atoms with Crippen LogP contribution in [0, 0.1) is 6.92 Å². The van der Waals surface area contributed by atoms with Gasteiger partial charge in [-0.2, -0.15) is 0 Å². The lowest BCUT2D eigenvalue weighted by Gasteiger charge is -2.34. The number of rotatable bonds is 9. The van der Waals surface area contributed by atoms with Gasteiger partial charge in [0, 0.05) is 53.9 Å². The summed E-state index contributed by atoms with van der Waals surface area (Å²) in [7, 11) is 0. The summed E-state index contributed by atoms with van der Waals surface area (Å²) >= 11 is 0. The zero-order valence-electron chi connectivity index (χ0n) is 24.9. The van der Waals surface area contributed by atoms with E-state index in [1.54, 1.807) is 60.7 Å². The number of morpholine rings is 1. The lowest BCUT2D eigenvalue weighted by Crippen LogP contribution is -2.47. The van der Waals surface area contributed by atoms with Crippen molar-refractivity contribution in [3.63, 3.8) is 0 Å². The average Bonchev–Trinajstić information content (AvgIpc) is 3.58.